The van der Waals surface area contributed by atoms with Gasteiger partial charge in [-0.15, -0.1) is 0 Å². The van der Waals surface area contributed by atoms with Crippen LogP contribution in [-0.4, -0.2) is 29.6 Å². The fourth-order valence-electron chi connectivity index (χ4n) is 2.55. The first-order valence-corrected chi connectivity index (χ1v) is 7.99. The summed E-state index contributed by atoms with van der Waals surface area (Å²) in [6, 6.07) is 10.0. The number of carbonyl (C=O) groups excluding carboxylic acids is 1. The Morgan fingerprint density at radius 3 is 2.84 bits per heavy atom. The van der Waals surface area contributed by atoms with Crippen LogP contribution in [0.4, 0.5) is 0 Å². The predicted molar refractivity (Wildman–Crippen MR) is 92.5 cm³/mol. The van der Waals surface area contributed by atoms with Gasteiger partial charge in [0.25, 0.3) is 11.5 Å². The highest BCUT2D eigenvalue weighted by atomic mass is 16.5. The van der Waals surface area contributed by atoms with E-state index in [0.29, 0.717) is 16.7 Å². The molecule has 3 aromatic rings. The van der Waals surface area contributed by atoms with Crippen molar-refractivity contribution in [1.82, 2.24) is 15.3 Å². The smallest absolute Gasteiger partial charge is 0.287 e. The normalized spacial score (nSPS) is 12.2. The summed E-state index contributed by atoms with van der Waals surface area (Å²) >= 11 is 0. The molecule has 7 heteroatoms. The molecule has 3 rings (SSSR count). The molecule has 1 aromatic carbocycles. The van der Waals surface area contributed by atoms with Gasteiger partial charge in [0, 0.05) is 13.5 Å². The van der Waals surface area contributed by atoms with Crippen molar-refractivity contribution in [2.24, 2.45) is 0 Å². The minimum absolute atomic E-state index is 0.0490. The molecule has 2 aromatic heterocycles. The van der Waals surface area contributed by atoms with Gasteiger partial charge in [-0.1, -0.05) is 19.1 Å². The second kappa shape index (κ2) is 7.31. The number of nitrogens with one attached hydrogen (secondary N) is 2. The molecule has 0 unspecified atom stereocenters. The van der Waals surface area contributed by atoms with Gasteiger partial charge in [0.1, 0.15) is 17.6 Å². The van der Waals surface area contributed by atoms with Crippen LogP contribution < -0.4 is 10.9 Å². The zero-order chi connectivity index (χ0) is 17.8. The molecule has 2 heterocycles. The van der Waals surface area contributed by atoms with Gasteiger partial charge in [0.05, 0.1) is 17.5 Å². The zero-order valence-electron chi connectivity index (χ0n) is 14.0. The first-order valence-electron chi connectivity index (χ1n) is 7.99. The summed E-state index contributed by atoms with van der Waals surface area (Å²) in [5.41, 5.74) is 0.108. The molecule has 1 atom stereocenters. The van der Waals surface area contributed by atoms with E-state index in [9.17, 15) is 9.59 Å². The van der Waals surface area contributed by atoms with Gasteiger partial charge in [-0.05, 0) is 24.3 Å². The maximum absolute atomic E-state index is 12.5. The second-order valence-electron chi connectivity index (χ2n) is 5.57. The van der Waals surface area contributed by atoms with Crippen LogP contribution in [0.25, 0.3) is 10.9 Å². The minimum Gasteiger partial charge on any atom is -0.464 e. The summed E-state index contributed by atoms with van der Waals surface area (Å²) in [7, 11) is 1.54. The monoisotopic (exact) mass is 341 g/mol. The Morgan fingerprint density at radius 1 is 1.32 bits per heavy atom. The predicted octanol–water partition coefficient (Wildman–Crippen LogP) is 2.20. The molecule has 0 bridgehead atoms. The lowest BCUT2D eigenvalue weighted by Gasteiger charge is -2.15. The Kier molecular flexibility index (Phi) is 4.95. The van der Waals surface area contributed by atoms with Gasteiger partial charge < -0.3 is 19.5 Å². The van der Waals surface area contributed by atoms with E-state index in [1.165, 1.54) is 0 Å². The van der Waals surface area contributed by atoms with Crippen molar-refractivity contribution in [2.45, 2.75) is 19.4 Å². The van der Waals surface area contributed by atoms with Gasteiger partial charge in [-0.2, -0.15) is 0 Å². The topological polar surface area (TPSA) is 97.2 Å². The highest BCUT2D eigenvalue weighted by Gasteiger charge is 2.21. The maximum atomic E-state index is 12.5. The number of hydrogen-bond donors (Lipinski definition) is 2. The molecule has 0 spiro atoms. The van der Waals surface area contributed by atoms with Gasteiger partial charge >= 0.3 is 0 Å². The van der Waals surface area contributed by atoms with E-state index in [1.807, 2.05) is 13.0 Å². The number of hydrogen-bond acceptors (Lipinski definition) is 5. The molecule has 7 nitrogen and oxygen atoms in total. The lowest BCUT2D eigenvalue weighted by Crippen LogP contribution is -2.33. The standard InChI is InChI=1S/C18H19N3O4/c1-3-11-8-9-15(25-11)14(10-24-2)20-18(23)16-19-13-7-5-4-6-12(13)17(22)21-16/h4-9,14H,3,10H2,1-2H3,(H,20,23)(H,19,21,22)/t14-/m1/s1. The molecule has 0 aliphatic heterocycles. The van der Waals surface area contributed by atoms with E-state index < -0.39 is 11.9 Å². The number of methoxy groups -OCH3 is 1. The number of fused-ring (bicyclic) bond motifs is 1. The van der Waals surface area contributed by atoms with Crippen LogP contribution in [-0.2, 0) is 11.2 Å². The summed E-state index contributed by atoms with van der Waals surface area (Å²) in [5, 5.41) is 3.23. The fraction of sp³-hybridized carbons (Fsp3) is 0.278. The number of H-pyrrole nitrogens is 1. The van der Waals surface area contributed by atoms with Crippen LogP contribution >= 0.6 is 0 Å². The molecule has 25 heavy (non-hydrogen) atoms. The molecule has 0 aliphatic rings. The first kappa shape index (κ1) is 16.9. The Morgan fingerprint density at radius 2 is 2.12 bits per heavy atom. The summed E-state index contributed by atoms with van der Waals surface area (Å²) in [4.78, 5) is 31.4. The fourth-order valence-corrected chi connectivity index (χ4v) is 2.55. The Hall–Kier alpha value is -2.93. The van der Waals surface area contributed by atoms with Crippen molar-refractivity contribution >= 4 is 16.8 Å². The number of aromatic amines is 1. The number of furan rings is 1. The van der Waals surface area contributed by atoms with Crippen LogP contribution in [0.3, 0.4) is 0 Å². The largest absolute Gasteiger partial charge is 0.464 e. The third-order valence-electron chi connectivity index (χ3n) is 3.84. The highest BCUT2D eigenvalue weighted by Crippen LogP contribution is 2.18. The summed E-state index contributed by atoms with van der Waals surface area (Å²) in [5.74, 6) is 0.865. The van der Waals surface area contributed by atoms with Gasteiger partial charge in [-0.25, -0.2) is 4.98 Å². The number of aromatic nitrogens is 2. The number of amides is 1. The molecule has 1 amide bonds. The molecular formula is C18H19N3O4. The molecule has 0 radical (unpaired) electrons. The molecular weight excluding hydrogens is 322 g/mol. The van der Waals surface area contributed by atoms with Crippen molar-refractivity contribution in [2.75, 3.05) is 13.7 Å². The number of carbonyl (C=O) groups is 1. The number of ether oxygens (including phenoxy) is 1. The highest BCUT2D eigenvalue weighted by molar-refractivity contribution is 5.92. The van der Waals surface area contributed by atoms with E-state index in [4.69, 9.17) is 9.15 Å². The maximum Gasteiger partial charge on any atom is 0.287 e. The van der Waals surface area contributed by atoms with E-state index >= 15 is 0 Å². The average Bonchev–Trinajstić information content (AvgIpc) is 3.10. The molecule has 0 aliphatic carbocycles. The van der Waals surface area contributed by atoms with E-state index in [-0.39, 0.29) is 18.0 Å². The van der Waals surface area contributed by atoms with Gasteiger partial charge in [-0.3, -0.25) is 9.59 Å². The minimum atomic E-state index is -0.501. The lowest BCUT2D eigenvalue weighted by molar-refractivity contribution is 0.0872. The van der Waals surface area contributed by atoms with E-state index in [2.05, 4.69) is 15.3 Å². The molecule has 0 fully saturated rings. The molecule has 130 valence electrons. The van der Waals surface area contributed by atoms with Crippen molar-refractivity contribution in [3.63, 3.8) is 0 Å². The lowest BCUT2D eigenvalue weighted by atomic mass is 10.2. The van der Waals surface area contributed by atoms with E-state index in [1.54, 1.807) is 37.4 Å². The average molecular weight is 341 g/mol. The second-order valence-corrected chi connectivity index (χ2v) is 5.57. The van der Waals surface area contributed by atoms with Crippen LogP contribution in [0.15, 0.2) is 45.6 Å². The molecule has 0 saturated carbocycles. The third-order valence-corrected chi connectivity index (χ3v) is 3.84. The van der Waals surface area contributed by atoms with Gasteiger partial charge in [0.15, 0.2) is 5.82 Å². The van der Waals surface area contributed by atoms with Crippen molar-refractivity contribution in [1.29, 1.82) is 0 Å². The van der Waals surface area contributed by atoms with Crippen molar-refractivity contribution in [3.8, 4) is 0 Å². The quantitative estimate of drug-likeness (QED) is 0.716. The molecule has 0 saturated heterocycles. The summed E-state index contributed by atoms with van der Waals surface area (Å²) in [6.07, 6.45) is 0.757. The Labute approximate surface area is 144 Å². The van der Waals surface area contributed by atoms with Crippen LogP contribution in [0, 0.1) is 0 Å². The van der Waals surface area contributed by atoms with Crippen LogP contribution in [0.1, 0.15) is 35.1 Å². The SMILES string of the molecule is CCc1ccc([C@@H](COC)NC(=O)c2nc3ccccc3c(=O)[nH]2)o1. The number of rotatable bonds is 6. The number of benzene rings is 1. The van der Waals surface area contributed by atoms with Gasteiger partial charge in [0.2, 0.25) is 0 Å². The van der Waals surface area contributed by atoms with Crippen molar-refractivity contribution < 1.29 is 13.9 Å². The number of aryl methyl sites for hydroxylation is 1. The Bertz CT molecular complexity index is 945. The van der Waals surface area contributed by atoms with Crippen LogP contribution in [0.2, 0.25) is 0 Å². The number of para-hydroxylation sites is 1. The summed E-state index contributed by atoms with van der Waals surface area (Å²) in [6.45, 7) is 2.22. The molecule has 2 N–H and O–H groups in total. The first-order chi connectivity index (χ1) is 12.1. The van der Waals surface area contributed by atoms with Crippen LogP contribution in [0.5, 0.6) is 0 Å². The Balaban J connectivity index is 1.87. The van der Waals surface area contributed by atoms with E-state index in [0.717, 1.165) is 12.2 Å². The zero-order valence-corrected chi connectivity index (χ0v) is 14.0. The number of nitrogens with zero attached hydrogens (tertiary/aromatic N) is 1. The van der Waals surface area contributed by atoms with Crippen molar-refractivity contribution in [3.05, 3.63) is 64.1 Å². The third kappa shape index (κ3) is 3.61. The summed E-state index contributed by atoms with van der Waals surface area (Å²) < 4.78 is 10.9.